The molecule has 0 saturated carbocycles. The molecule has 2 aromatic carbocycles. The fraction of sp³-hybridized carbons (Fsp3) is 0.263. The van der Waals surface area contributed by atoms with Crippen molar-refractivity contribution < 1.29 is 4.79 Å². The van der Waals surface area contributed by atoms with E-state index in [1.807, 2.05) is 18.2 Å². The Morgan fingerprint density at radius 3 is 2.83 bits per heavy atom. The van der Waals surface area contributed by atoms with Crippen molar-refractivity contribution in [1.29, 1.82) is 5.26 Å². The summed E-state index contributed by atoms with van der Waals surface area (Å²) in [5.74, 6) is -0.103. The van der Waals surface area contributed by atoms with E-state index in [-0.39, 0.29) is 11.9 Å². The molecule has 1 atom stereocenters. The van der Waals surface area contributed by atoms with Crippen LogP contribution in [0.3, 0.4) is 0 Å². The zero-order chi connectivity index (χ0) is 16.1. The summed E-state index contributed by atoms with van der Waals surface area (Å²) in [5, 5.41) is 12.0. The Morgan fingerprint density at radius 1 is 1.22 bits per heavy atom. The van der Waals surface area contributed by atoms with E-state index < -0.39 is 0 Å². The highest BCUT2D eigenvalue weighted by atomic mass is 16.1. The molecule has 1 saturated heterocycles. The number of carbonyl (C=O) groups excluding carboxylic acids is 1. The number of rotatable bonds is 4. The molecule has 3 rings (SSSR count). The minimum Gasteiger partial charge on any atom is -0.348 e. The highest BCUT2D eigenvalue weighted by Crippen LogP contribution is 2.14. The summed E-state index contributed by atoms with van der Waals surface area (Å²) < 4.78 is 0. The molecule has 1 fully saturated rings. The molecule has 2 aromatic rings. The summed E-state index contributed by atoms with van der Waals surface area (Å²) >= 11 is 0. The molecule has 1 aliphatic rings. The average molecular weight is 305 g/mol. The second-order valence-corrected chi connectivity index (χ2v) is 5.87. The van der Waals surface area contributed by atoms with Gasteiger partial charge in [-0.15, -0.1) is 0 Å². The summed E-state index contributed by atoms with van der Waals surface area (Å²) in [5.41, 5.74) is 2.35. The van der Waals surface area contributed by atoms with E-state index in [0.717, 1.165) is 26.1 Å². The van der Waals surface area contributed by atoms with Gasteiger partial charge in [0.15, 0.2) is 0 Å². The second kappa shape index (κ2) is 7.08. The molecule has 1 unspecified atom stereocenters. The molecule has 0 radical (unpaired) electrons. The number of benzene rings is 2. The predicted molar refractivity (Wildman–Crippen MR) is 88.7 cm³/mol. The van der Waals surface area contributed by atoms with Crippen molar-refractivity contribution in [2.75, 3.05) is 13.1 Å². The topological polar surface area (TPSA) is 56.1 Å². The van der Waals surface area contributed by atoms with Crippen molar-refractivity contribution in [2.24, 2.45) is 0 Å². The van der Waals surface area contributed by atoms with Crippen LogP contribution in [-0.4, -0.2) is 29.9 Å². The van der Waals surface area contributed by atoms with Crippen molar-refractivity contribution in [3.05, 3.63) is 71.3 Å². The standard InChI is InChI=1S/C19H19N3O/c20-12-16-7-4-8-17(11-16)19(23)21-18-9-10-22(14-18)13-15-5-2-1-3-6-15/h1-8,11,18H,9-10,13-14H2,(H,21,23). The summed E-state index contributed by atoms with van der Waals surface area (Å²) in [4.78, 5) is 14.6. The summed E-state index contributed by atoms with van der Waals surface area (Å²) in [6, 6.07) is 19.4. The predicted octanol–water partition coefficient (Wildman–Crippen LogP) is 2.56. The number of nitrogens with one attached hydrogen (secondary N) is 1. The lowest BCUT2D eigenvalue weighted by atomic mass is 10.1. The van der Waals surface area contributed by atoms with Crippen LogP contribution in [0.4, 0.5) is 0 Å². The Bertz CT molecular complexity index is 721. The van der Waals surface area contributed by atoms with Gasteiger partial charge in [0.05, 0.1) is 11.6 Å². The van der Waals surface area contributed by atoms with E-state index in [9.17, 15) is 4.79 Å². The Kier molecular flexibility index (Phi) is 4.70. The monoisotopic (exact) mass is 305 g/mol. The number of carbonyl (C=O) groups is 1. The van der Waals surface area contributed by atoms with Gasteiger partial charge in [-0.2, -0.15) is 5.26 Å². The van der Waals surface area contributed by atoms with Crippen LogP contribution < -0.4 is 5.32 Å². The van der Waals surface area contributed by atoms with Crippen molar-refractivity contribution in [3.8, 4) is 6.07 Å². The first kappa shape index (κ1) is 15.3. The van der Waals surface area contributed by atoms with Crippen LogP contribution in [0.1, 0.15) is 27.9 Å². The average Bonchev–Trinajstić information content (AvgIpc) is 3.02. The highest BCUT2D eigenvalue weighted by molar-refractivity contribution is 5.94. The van der Waals surface area contributed by atoms with E-state index in [4.69, 9.17) is 5.26 Å². The van der Waals surface area contributed by atoms with Gasteiger partial charge in [0.1, 0.15) is 0 Å². The van der Waals surface area contributed by atoms with Gasteiger partial charge in [-0.3, -0.25) is 9.69 Å². The van der Waals surface area contributed by atoms with Crippen molar-refractivity contribution >= 4 is 5.91 Å². The molecule has 0 aliphatic carbocycles. The molecular weight excluding hydrogens is 286 g/mol. The maximum Gasteiger partial charge on any atom is 0.251 e. The van der Waals surface area contributed by atoms with Gasteiger partial charge < -0.3 is 5.32 Å². The van der Waals surface area contributed by atoms with Crippen LogP contribution in [0.2, 0.25) is 0 Å². The number of hydrogen-bond acceptors (Lipinski definition) is 3. The first-order valence-electron chi connectivity index (χ1n) is 7.82. The van der Waals surface area contributed by atoms with Crippen LogP contribution in [-0.2, 0) is 6.54 Å². The van der Waals surface area contributed by atoms with Crippen LogP contribution in [0.25, 0.3) is 0 Å². The van der Waals surface area contributed by atoms with Crippen LogP contribution in [0.15, 0.2) is 54.6 Å². The normalized spacial score (nSPS) is 17.6. The third-order valence-electron chi connectivity index (χ3n) is 4.11. The molecule has 23 heavy (non-hydrogen) atoms. The maximum atomic E-state index is 12.3. The van der Waals surface area contributed by atoms with E-state index >= 15 is 0 Å². The van der Waals surface area contributed by atoms with Crippen molar-refractivity contribution in [2.45, 2.75) is 19.0 Å². The molecule has 1 N–H and O–H groups in total. The van der Waals surface area contributed by atoms with Gasteiger partial charge >= 0.3 is 0 Å². The maximum absolute atomic E-state index is 12.3. The molecule has 4 heteroatoms. The minimum atomic E-state index is -0.103. The van der Waals surface area contributed by atoms with Gasteiger partial charge in [0.2, 0.25) is 0 Å². The molecule has 4 nitrogen and oxygen atoms in total. The fourth-order valence-corrected chi connectivity index (χ4v) is 2.93. The lowest BCUT2D eigenvalue weighted by Gasteiger charge is -2.17. The third-order valence-corrected chi connectivity index (χ3v) is 4.11. The zero-order valence-corrected chi connectivity index (χ0v) is 12.9. The third kappa shape index (κ3) is 3.97. The number of nitriles is 1. The van der Waals surface area contributed by atoms with E-state index in [1.54, 1.807) is 24.3 Å². The zero-order valence-electron chi connectivity index (χ0n) is 12.9. The molecular formula is C19H19N3O. The summed E-state index contributed by atoms with van der Waals surface area (Å²) in [7, 11) is 0. The van der Waals surface area contributed by atoms with Gasteiger partial charge in [-0.05, 0) is 30.2 Å². The molecule has 1 heterocycles. The molecule has 0 aromatic heterocycles. The van der Waals surface area contributed by atoms with Gasteiger partial charge in [-0.25, -0.2) is 0 Å². The number of hydrogen-bond donors (Lipinski definition) is 1. The molecule has 0 bridgehead atoms. The highest BCUT2D eigenvalue weighted by Gasteiger charge is 2.24. The number of nitrogens with zero attached hydrogens (tertiary/aromatic N) is 2. The Labute approximate surface area is 136 Å². The Balaban J connectivity index is 1.55. The minimum absolute atomic E-state index is 0.103. The number of likely N-dealkylation sites (tertiary alicyclic amines) is 1. The van der Waals surface area contributed by atoms with Crippen LogP contribution in [0.5, 0.6) is 0 Å². The fourth-order valence-electron chi connectivity index (χ4n) is 2.93. The van der Waals surface area contributed by atoms with Gasteiger partial charge in [0.25, 0.3) is 5.91 Å². The lowest BCUT2D eigenvalue weighted by molar-refractivity contribution is 0.0937. The van der Waals surface area contributed by atoms with Gasteiger partial charge in [-0.1, -0.05) is 36.4 Å². The quantitative estimate of drug-likeness (QED) is 0.944. The number of amides is 1. The summed E-state index contributed by atoms with van der Waals surface area (Å²) in [6.07, 6.45) is 0.955. The first-order chi connectivity index (χ1) is 11.2. The van der Waals surface area contributed by atoms with E-state index in [0.29, 0.717) is 11.1 Å². The Hall–Kier alpha value is -2.64. The van der Waals surface area contributed by atoms with E-state index in [2.05, 4.69) is 28.4 Å². The van der Waals surface area contributed by atoms with Gasteiger partial charge in [0, 0.05) is 31.2 Å². The van der Waals surface area contributed by atoms with Crippen LogP contribution >= 0.6 is 0 Å². The first-order valence-corrected chi connectivity index (χ1v) is 7.82. The largest absolute Gasteiger partial charge is 0.348 e. The molecule has 1 aliphatic heterocycles. The lowest BCUT2D eigenvalue weighted by Crippen LogP contribution is -2.37. The van der Waals surface area contributed by atoms with Crippen molar-refractivity contribution in [1.82, 2.24) is 10.2 Å². The summed E-state index contributed by atoms with van der Waals surface area (Å²) in [6.45, 7) is 2.76. The van der Waals surface area contributed by atoms with Crippen LogP contribution in [0, 0.1) is 11.3 Å². The second-order valence-electron chi connectivity index (χ2n) is 5.87. The molecule has 0 spiro atoms. The Morgan fingerprint density at radius 2 is 2.04 bits per heavy atom. The SMILES string of the molecule is N#Cc1cccc(C(=O)NC2CCN(Cc3ccccc3)C2)c1. The molecule has 116 valence electrons. The van der Waals surface area contributed by atoms with Crippen molar-refractivity contribution in [3.63, 3.8) is 0 Å². The molecule has 1 amide bonds. The smallest absolute Gasteiger partial charge is 0.251 e. The van der Waals surface area contributed by atoms with E-state index in [1.165, 1.54) is 5.56 Å².